The van der Waals surface area contributed by atoms with Gasteiger partial charge in [-0.05, 0) is 42.6 Å². The molecule has 2 aromatic carbocycles. The first kappa shape index (κ1) is 18.0. The molecule has 142 valence electrons. The predicted molar refractivity (Wildman–Crippen MR) is 102 cm³/mol. The van der Waals surface area contributed by atoms with Crippen molar-refractivity contribution < 1.29 is 14.3 Å². The highest BCUT2D eigenvalue weighted by molar-refractivity contribution is 5.84. The molecule has 0 aliphatic carbocycles. The Morgan fingerprint density at radius 2 is 1.74 bits per heavy atom. The van der Waals surface area contributed by atoms with Crippen LogP contribution in [-0.4, -0.2) is 52.7 Å². The van der Waals surface area contributed by atoms with Crippen LogP contribution in [0, 0.1) is 0 Å². The molecule has 5 heteroatoms. The normalized spacial score (nSPS) is 26.5. The Kier molecular flexibility index (Phi) is 5.12. The van der Waals surface area contributed by atoms with Gasteiger partial charge in [-0.2, -0.15) is 0 Å². The smallest absolute Gasteiger partial charge is 0.240 e. The number of rotatable bonds is 4. The molecule has 3 atom stereocenters. The summed E-state index contributed by atoms with van der Waals surface area (Å²) in [4.78, 5) is 16.7. The standard InChI is InChI=1S/C22H25FN2O2/c23-20-15-24(12-10-19(20)17-6-8-18(26)9-7-17)21-11-13-25(22(21)27)14-16-4-2-1-3-5-16/h1-9,19-21,26H,10-15H2/t19-,20+,21?/m0/s1. The number of piperidine rings is 1. The van der Waals surface area contributed by atoms with E-state index in [-0.39, 0.29) is 23.6 Å². The van der Waals surface area contributed by atoms with Crippen LogP contribution in [0.2, 0.25) is 0 Å². The minimum absolute atomic E-state index is 0.120. The summed E-state index contributed by atoms with van der Waals surface area (Å²) in [6.07, 6.45) is 0.454. The third-order valence-corrected chi connectivity index (χ3v) is 5.82. The third kappa shape index (κ3) is 3.83. The van der Waals surface area contributed by atoms with E-state index in [4.69, 9.17) is 0 Å². The predicted octanol–water partition coefficient (Wildman–Crippen LogP) is 3.32. The molecule has 2 aliphatic heterocycles. The molecule has 0 aromatic heterocycles. The van der Waals surface area contributed by atoms with Crippen LogP contribution >= 0.6 is 0 Å². The van der Waals surface area contributed by atoms with E-state index in [0.29, 0.717) is 19.5 Å². The fourth-order valence-electron chi connectivity index (χ4n) is 4.33. The number of carbonyl (C=O) groups is 1. The van der Waals surface area contributed by atoms with Gasteiger partial charge < -0.3 is 10.0 Å². The summed E-state index contributed by atoms with van der Waals surface area (Å²) in [7, 11) is 0. The van der Waals surface area contributed by atoms with Gasteiger partial charge in [0.25, 0.3) is 0 Å². The van der Waals surface area contributed by atoms with Gasteiger partial charge in [0.1, 0.15) is 11.9 Å². The number of phenolic OH excluding ortho intramolecular Hbond substituents is 1. The quantitative estimate of drug-likeness (QED) is 0.900. The van der Waals surface area contributed by atoms with Crippen molar-refractivity contribution in [3.63, 3.8) is 0 Å². The van der Waals surface area contributed by atoms with Crippen LogP contribution in [0.15, 0.2) is 54.6 Å². The molecule has 2 heterocycles. The molecular weight excluding hydrogens is 343 g/mol. The van der Waals surface area contributed by atoms with Crippen LogP contribution in [0.5, 0.6) is 5.75 Å². The molecule has 27 heavy (non-hydrogen) atoms. The summed E-state index contributed by atoms with van der Waals surface area (Å²) in [6.45, 7) is 2.37. The number of phenols is 1. The fraction of sp³-hybridized carbons (Fsp3) is 0.409. The van der Waals surface area contributed by atoms with Crippen LogP contribution in [0.4, 0.5) is 4.39 Å². The number of benzene rings is 2. The van der Waals surface area contributed by atoms with Crippen LogP contribution in [-0.2, 0) is 11.3 Å². The summed E-state index contributed by atoms with van der Waals surface area (Å²) in [5.41, 5.74) is 2.05. The number of hydrogen-bond donors (Lipinski definition) is 1. The van der Waals surface area contributed by atoms with Crippen molar-refractivity contribution in [3.8, 4) is 5.75 Å². The summed E-state index contributed by atoms with van der Waals surface area (Å²) in [5.74, 6) is 0.148. The Labute approximate surface area is 159 Å². The molecule has 0 spiro atoms. The van der Waals surface area contributed by atoms with Gasteiger partial charge in [-0.3, -0.25) is 9.69 Å². The van der Waals surface area contributed by atoms with E-state index in [1.165, 1.54) is 0 Å². The van der Waals surface area contributed by atoms with E-state index in [2.05, 4.69) is 0 Å². The second-order valence-corrected chi connectivity index (χ2v) is 7.55. The molecule has 0 radical (unpaired) electrons. The fourth-order valence-corrected chi connectivity index (χ4v) is 4.33. The lowest BCUT2D eigenvalue weighted by Gasteiger charge is -2.37. The summed E-state index contributed by atoms with van der Waals surface area (Å²) >= 11 is 0. The Balaban J connectivity index is 1.37. The number of hydrogen-bond acceptors (Lipinski definition) is 3. The number of aromatic hydroxyl groups is 1. The number of amides is 1. The maximum Gasteiger partial charge on any atom is 0.240 e. The molecular formula is C22H25FN2O2. The number of carbonyl (C=O) groups excluding carboxylic acids is 1. The van der Waals surface area contributed by atoms with E-state index in [9.17, 15) is 14.3 Å². The summed E-state index contributed by atoms with van der Waals surface area (Å²) in [5, 5.41) is 9.42. The number of alkyl halides is 1. The van der Waals surface area contributed by atoms with Crippen LogP contribution in [0.1, 0.15) is 29.9 Å². The lowest BCUT2D eigenvalue weighted by molar-refractivity contribution is -0.133. The monoisotopic (exact) mass is 368 g/mol. The number of likely N-dealkylation sites (tertiary alicyclic amines) is 2. The zero-order valence-corrected chi connectivity index (χ0v) is 15.3. The minimum Gasteiger partial charge on any atom is -0.508 e. The van der Waals surface area contributed by atoms with Crippen LogP contribution in [0.25, 0.3) is 0 Å². The Hall–Kier alpha value is -2.40. The van der Waals surface area contributed by atoms with Gasteiger partial charge >= 0.3 is 0 Å². The van der Waals surface area contributed by atoms with E-state index in [1.807, 2.05) is 40.1 Å². The van der Waals surface area contributed by atoms with Crippen LogP contribution in [0.3, 0.4) is 0 Å². The van der Waals surface area contributed by atoms with Gasteiger partial charge in [0.15, 0.2) is 0 Å². The topological polar surface area (TPSA) is 43.8 Å². The van der Waals surface area contributed by atoms with Crippen molar-refractivity contribution >= 4 is 5.91 Å². The summed E-state index contributed by atoms with van der Waals surface area (Å²) < 4.78 is 14.9. The Morgan fingerprint density at radius 3 is 2.44 bits per heavy atom. The maximum atomic E-state index is 14.9. The SMILES string of the molecule is O=C1C(N2CC[C@@H](c3ccc(O)cc3)[C@H](F)C2)CCN1Cc1ccccc1. The van der Waals surface area contributed by atoms with Crippen molar-refractivity contribution in [3.05, 3.63) is 65.7 Å². The zero-order valence-electron chi connectivity index (χ0n) is 15.3. The highest BCUT2D eigenvalue weighted by Crippen LogP contribution is 2.33. The second-order valence-electron chi connectivity index (χ2n) is 7.55. The van der Waals surface area contributed by atoms with Crippen molar-refractivity contribution in [2.75, 3.05) is 19.6 Å². The molecule has 1 unspecified atom stereocenters. The first-order valence-corrected chi connectivity index (χ1v) is 9.61. The van der Waals surface area contributed by atoms with Gasteiger partial charge in [-0.1, -0.05) is 42.5 Å². The lowest BCUT2D eigenvalue weighted by atomic mass is 9.87. The largest absolute Gasteiger partial charge is 0.508 e. The van der Waals surface area contributed by atoms with Crippen molar-refractivity contribution in [1.82, 2.24) is 9.80 Å². The average Bonchev–Trinajstić information content (AvgIpc) is 3.04. The van der Waals surface area contributed by atoms with Gasteiger partial charge in [-0.25, -0.2) is 4.39 Å². The average molecular weight is 368 g/mol. The molecule has 2 aromatic rings. The third-order valence-electron chi connectivity index (χ3n) is 5.82. The van der Waals surface area contributed by atoms with E-state index in [1.54, 1.807) is 24.3 Å². The van der Waals surface area contributed by atoms with E-state index in [0.717, 1.165) is 30.6 Å². The highest BCUT2D eigenvalue weighted by Gasteiger charge is 2.40. The molecule has 2 aliphatic rings. The Morgan fingerprint density at radius 1 is 1.00 bits per heavy atom. The van der Waals surface area contributed by atoms with Gasteiger partial charge in [0.2, 0.25) is 5.91 Å². The first-order valence-electron chi connectivity index (χ1n) is 9.61. The molecule has 1 N–H and O–H groups in total. The highest BCUT2D eigenvalue weighted by atomic mass is 19.1. The second kappa shape index (κ2) is 7.69. The van der Waals surface area contributed by atoms with Crippen LogP contribution < -0.4 is 0 Å². The van der Waals surface area contributed by atoms with Crippen molar-refractivity contribution in [2.24, 2.45) is 0 Å². The molecule has 4 rings (SSSR count). The molecule has 1 amide bonds. The molecule has 4 nitrogen and oxygen atoms in total. The number of nitrogens with zero attached hydrogens (tertiary/aromatic N) is 2. The molecule has 0 bridgehead atoms. The van der Waals surface area contributed by atoms with Crippen molar-refractivity contribution in [1.29, 1.82) is 0 Å². The first-order chi connectivity index (χ1) is 13.1. The zero-order chi connectivity index (χ0) is 18.8. The van der Waals surface area contributed by atoms with Gasteiger partial charge in [0, 0.05) is 25.6 Å². The Bertz CT molecular complexity index is 781. The molecule has 2 saturated heterocycles. The van der Waals surface area contributed by atoms with Gasteiger partial charge in [0.05, 0.1) is 6.04 Å². The molecule has 2 fully saturated rings. The maximum absolute atomic E-state index is 14.9. The van der Waals surface area contributed by atoms with E-state index < -0.39 is 6.17 Å². The van der Waals surface area contributed by atoms with E-state index >= 15 is 0 Å². The van der Waals surface area contributed by atoms with Crippen molar-refractivity contribution in [2.45, 2.75) is 37.5 Å². The van der Waals surface area contributed by atoms with Gasteiger partial charge in [-0.15, -0.1) is 0 Å². The number of halogens is 1. The minimum atomic E-state index is -1.00. The summed E-state index contributed by atoms with van der Waals surface area (Å²) in [6, 6.07) is 16.6. The molecule has 0 saturated carbocycles. The lowest BCUT2D eigenvalue weighted by Crippen LogP contribution is -2.49.